The molecule has 6 heteroatoms. The molecule has 0 aliphatic carbocycles. The number of carbonyl (C=O) groups excluding carboxylic acids is 2. The molecular formula is C17H15ClN2O2S. The van der Waals surface area contributed by atoms with Gasteiger partial charge >= 0.3 is 0 Å². The van der Waals surface area contributed by atoms with Crippen molar-refractivity contribution in [1.82, 2.24) is 9.88 Å². The van der Waals surface area contributed by atoms with Gasteiger partial charge < -0.3 is 0 Å². The van der Waals surface area contributed by atoms with Gasteiger partial charge in [-0.15, -0.1) is 11.8 Å². The molecule has 0 radical (unpaired) electrons. The second kappa shape index (κ2) is 7.15. The number of aromatic nitrogens is 1. The lowest BCUT2D eigenvalue weighted by molar-refractivity contribution is 0.0652. The van der Waals surface area contributed by atoms with E-state index >= 15 is 0 Å². The molecule has 23 heavy (non-hydrogen) atoms. The second-order valence-electron chi connectivity index (χ2n) is 5.15. The molecule has 1 aromatic heterocycles. The van der Waals surface area contributed by atoms with Crippen LogP contribution in [0.3, 0.4) is 0 Å². The molecule has 2 heterocycles. The second-order valence-corrected chi connectivity index (χ2v) is 6.64. The van der Waals surface area contributed by atoms with E-state index < -0.39 is 0 Å². The standard InChI is InChI=1S/C17H15ClN2O2S/c18-14-8-5-9-19-15(14)23-11-4-3-10-20-16(21)12-6-1-2-7-13(12)17(20)22/h1-2,5-9H,3-4,10-11H2. The Morgan fingerprint density at radius 1 is 1.00 bits per heavy atom. The van der Waals surface area contributed by atoms with Crippen LogP contribution in [0.2, 0.25) is 5.02 Å². The van der Waals surface area contributed by atoms with Crippen molar-refractivity contribution in [2.75, 3.05) is 12.3 Å². The normalized spacial score (nSPS) is 13.5. The zero-order valence-electron chi connectivity index (χ0n) is 12.4. The first-order chi connectivity index (χ1) is 11.2. The topological polar surface area (TPSA) is 50.3 Å². The van der Waals surface area contributed by atoms with E-state index in [-0.39, 0.29) is 11.8 Å². The van der Waals surface area contributed by atoms with Crippen LogP contribution in [-0.4, -0.2) is 34.0 Å². The number of thioether (sulfide) groups is 1. The molecule has 1 aliphatic rings. The fourth-order valence-corrected chi connectivity index (χ4v) is 3.63. The van der Waals surface area contributed by atoms with Gasteiger partial charge in [-0.25, -0.2) is 4.98 Å². The molecule has 0 spiro atoms. The van der Waals surface area contributed by atoms with Gasteiger partial charge in [-0.1, -0.05) is 23.7 Å². The van der Waals surface area contributed by atoms with Crippen molar-refractivity contribution >= 4 is 35.2 Å². The molecule has 118 valence electrons. The molecule has 0 unspecified atom stereocenters. The van der Waals surface area contributed by atoms with E-state index in [4.69, 9.17) is 11.6 Å². The Hall–Kier alpha value is -1.85. The summed E-state index contributed by atoms with van der Waals surface area (Å²) in [6.07, 6.45) is 3.36. The minimum absolute atomic E-state index is 0.189. The number of pyridine rings is 1. The third kappa shape index (κ3) is 3.41. The van der Waals surface area contributed by atoms with Crippen LogP contribution >= 0.6 is 23.4 Å². The molecule has 0 N–H and O–H groups in total. The zero-order chi connectivity index (χ0) is 16.2. The molecule has 0 bridgehead atoms. The van der Waals surface area contributed by atoms with Crippen molar-refractivity contribution in [3.8, 4) is 0 Å². The number of imide groups is 1. The lowest BCUT2D eigenvalue weighted by Crippen LogP contribution is -2.30. The van der Waals surface area contributed by atoms with Crippen molar-refractivity contribution in [3.05, 3.63) is 58.7 Å². The van der Waals surface area contributed by atoms with Crippen LogP contribution in [0, 0.1) is 0 Å². The molecule has 0 saturated heterocycles. The summed E-state index contributed by atoms with van der Waals surface area (Å²) >= 11 is 7.64. The highest BCUT2D eigenvalue weighted by Crippen LogP contribution is 2.26. The highest BCUT2D eigenvalue weighted by molar-refractivity contribution is 7.99. The van der Waals surface area contributed by atoms with E-state index in [0.717, 1.165) is 23.6 Å². The van der Waals surface area contributed by atoms with Crippen molar-refractivity contribution < 1.29 is 9.59 Å². The summed E-state index contributed by atoms with van der Waals surface area (Å²) in [5, 5.41) is 1.47. The lowest BCUT2D eigenvalue weighted by Gasteiger charge is -2.13. The largest absolute Gasteiger partial charge is 0.274 e. The Morgan fingerprint density at radius 3 is 2.35 bits per heavy atom. The minimum atomic E-state index is -0.189. The fourth-order valence-electron chi connectivity index (χ4n) is 2.46. The molecular weight excluding hydrogens is 332 g/mol. The first kappa shape index (κ1) is 16.0. The number of hydrogen-bond donors (Lipinski definition) is 0. The Balaban J connectivity index is 1.48. The summed E-state index contributed by atoms with van der Waals surface area (Å²) < 4.78 is 0. The van der Waals surface area contributed by atoms with E-state index in [0.29, 0.717) is 22.7 Å². The Morgan fingerprint density at radius 2 is 1.70 bits per heavy atom. The quantitative estimate of drug-likeness (QED) is 0.452. The molecule has 0 fully saturated rings. The molecule has 3 rings (SSSR count). The molecule has 1 aliphatic heterocycles. The summed E-state index contributed by atoms with van der Waals surface area (Å²) in [6.45, 7) is 0.447. The smallest absolute Gasteiger partial charge is 0.261 e. The maximum Gasteiger partial charge on any atom is 0.261 e. The van der Waals surface area contributed by atoms with Crippen molar-refractivity contribution in [2.24, 2.45) is 0 Å². The maximum absolute atomic E-state index is 12.2. The number of carbonyl (C=O) groups is 2. The highest BCUT2D eigenvalue weighted by atomic mass is 35.5. The lowest BCUT2D eigenvalue weighted by atomic mass is 10.1. The van der Waals surface area contributed by atoms with Crippen molar-refractivity contribution in [3.63, 3.8) is 0 Å². The van der Waals surface area contributed by atoms with Gasteiger partial charge in [0.15, 0.2) is 0 Å². The van der Waals surface area contributed by atoms with Crippen LogP contribution in [0.4, 0.5) is 0 Å². The number of fused-ring (bicyclic) bond motifs is 1. The van der Waals surface area contributed by atoms with Gasteiger partial charge in [-0.3, -0.25) is 14.5 Å². The number of unbranched alkanes of at least 4 members (excludes halogenated alkanes) is 1. The van der Waals surface area contributed by atoms with Crippen LogP contribution in [0.5, 0.6) is 0 Å². The van der Waals surface area contributed by atoms with Gasteiger partial charge in [-0.2, -0.15) is 0 Å². The summed E-state index contributed by atoms with van der Waals surface area (Å²) in [4.78, 5) is 30.0. The van der Waals surface area contributed by atoms with Crippen LogP contribution in [0.1, 0.15) is 33.6 Å². The number of halogens is 1. The minimum Gasteiger partial charge on any atom is -0.274 e. The molecule has 2 amide bonds. The first-order valence-corrected chi connectivity index (χ1v) is 8.73. The number of rotatable bonds is 6. The fraction of sp³-hybridized carbons (Fsp3) is 0.235. The molecule has 2 aromatic rings. The van der Waals surface area contributed by atoms with Gasteiger partial charge in [0.1, 0.15) is 5.03 Å². The molecule has 4 nitrogen and oxygen atoms in total. The number of nitrogens with zero attached hydrogens (tertiary/aromatic N) is 2. The SMILES string of the molecule is O=C1c2ccccc2C(=O)N1CCCCSc1ncccc1Cl. The van der Waals surface area contributed by atoms with E-state index in [1.165, 1.54) is 4.90 Å². The summed E-state index contributed by atoms with van der Waals surface area (Å²) in [7, 11) is 0. The number of hydrogen-bond acceptors (Lipinski definition) is 4. The third-order valence-corrected chi connectivity index (χ3v) is 5.13. The molecule has 1 aromatic carbocycles. The van der Waals surface area contributed by atoms with Crippen LogP contribution in [0.25, 0.3) is 0 Å². The van der Waals surface area contributed by atoms with Gasteiger partial charge in [-0.05, 0) is 42.9 Å². The summed E-state index contributed by atoms with van der Waals surface area (Å²) in [5.41, 5.74) is 1.01. The Bertz CT molecular complexity index is 716. The summed E-state index contributed by atoms with van der Waals surface area (Å²) in [6, 6.07) is 10.6. The number of benzene rings is 1. The predicted octanol–water partition coefficient (Wildman–Crippen LogP) is 3.90. The Kier molecular flexibility index (Phi) is 4.98. The van der Waals surface area contributed by atoms with E-state index in [1.54, 1.807) is 48.3 Å². The maximum atomic E-state index is 12.2. The van der Waals surface area contributed by atoms with E-state index in [9.17, 15) is 9.59 Å². The van der Waals surface area contributed by atoms with Crippen molar-refractivity contribution in [2.45, 2.75) is 17.9 Å². The van der Waals surface area contributed by atoms with Gasteiger partial charge in [0, 0.05) is 12.7 Å². The Labute approximate surface area is 143 Å². The van der Waals surface area contributed by atoms with E-state index in [2.05, 4.69) is 4.98 Å². The average Bonchev–Trinajstić information content (AvgIpc) is 2.81. The number of amides is 2. The summed E-state index contributed by atoms with van der Waals surface area (Å²) in [5.74, 6) is 0.469. The molecule has 0 atom stereocenters. The van der Waals surface area contributed by atoms with Crippen molar-refractivity contribution in [1.29, 1.82) is 0 Å². The van der Waals surface area contributed by atoms with Gasteiger partial charge in [0.05, 0.1) is 16.1 Å². The van der Waals surface area contributed by atoms with E-state index in [1.807, 2.05) is 6.07 Å². The monoisotopic (exact) mass is 346 g/mol. The first-order valence-electron chi connectivity index (χ1n) is 7.37. The zero-order valence-corrected chi connectivity index (χ0v) is 13.9. The average molecular weight is 347 g/mol. The van der Waals surface area contributed by atoms with Crippen LogP contribution < -0.4 is 0 Å². The predicted molar refractivity (Wildman–Crippen MR) is 91.0 cm³/mol. The van der Waals surface area contributed by atoms with Crippen LogP contribution in [-0.2, 0) is 0 Å². The highest BCUT2D eigenvalue weighted by Gasteiger charge is 2.34. The van der Waals surface area contributed by atoms with Gasteiger partial charge in [0.2, 0.25) is 0 Å². The third-order valence-electron chi connectivity index (χ3n) is 3.62. The van der Waals surface area contributed by atoms with Gasteiger partial charge in [0.25, 0.3) is 11.8 Å². The van der Waals surface area contributed by atoms with Crippen LogP contribution in [0.15, 0.2) is 47.6 Å². The molecule has 0 saturated carbocycles.